The number of hydrogen-bond acceptors (Lipinski definition) is 4. The van der Waals surface area contributed by atoms with Crippen LogP contribution in [0.1, 0.15) is 26.2 Å². The first-order valence-corrected chi connectivity index (χ1v) is 6.89. The Morgan fingerprint density at radius 2 is 1.75 bits per heavy atom. The lowest BCUT2D eigenvalue weighted by Crippen LogP contribution is -2.37. The van der Waals surface area contributed by atoms with Gasteiger partial charge in [-0.05, 0) is 19.3 Å². The van der Waals surface area contributed by atoms with Crippen molar-refractivity contribution < 1.29 is 24.2 Å². The third kappa shape index (κ3) is 11.7. The molecule has 0 saturated carbocycles. The summed E-state index contributed by atoms with van der Waals surface area (Å²) in [5, 5.41) is 14.1. The number of methoxy groups -OCH3 is 1. The summed E-state index contributed by atoms with van der Waals surface area (Å²) in [6.45, 7) is 4.40. The van der Waals surface area contributed by atoms with Crippen molar-refractivity contribution in [3.63, 3.8) is 0 Å². The molecule has 0 rings (SSSR count). The van der Waals surface area contributed by atoms with Crippen LogP contribution in [0.5, 0.6) is 0 Å². The van der Waals surface area contributed by atoms with E-state index >= 15 is 0 Å². The van der Waals surface area contributed by atoms with Crippen LogP contribution in [0.3, 0.4) is 0 Å². The Morgan fingerprint density at radius 3 is 2.35 bits per heavy atom. The van der Waals surface area contributed by atoms with Gasteiger partial charge in [-0.1, -0.05) is 6.92 Å². The summed E-state index contributed by atoms with van der Waals surface area (Å²) in [7, 11) is 1.62. The maximum absolute atomic E-state index is 11.4. The summed E-state index contributed by atoms with van der Waals surface area (Å²) in [4.78, 5) is 21.9. The number of nitrogens with one attached hydrogen (secondary N) is 2. The molecular formula is C13H26N2O5. The van der Waals surface area contributed by atoms with Crippen LogP contribution in [-0.4, -0.2) is 57.1 Å². The number of carboxylic acid groups (broad SMARTS) is 1. The number of carboxylic acids is 1. The van der Waals surface area contributed by atoms with Gasteiger partial charge in [-0.2, -0.15) is 0 Å². The molecule has 0 spiro atoms. The summed E-state index contributed by atoms with van der Waals surface area (Å²) in [5.74, 6) is -1.17. The first-order valence-electron chi connectivity index (χ1n) is 6.89. The Morgan fingerprint density at radius 1 is 1.10 bits per heavy atom. The van der Waals surface area contributed by atoms with Crippen molar-refractivity contribution in [3.8, 4) is 0 Å². The maximum atomic E-state index is 11.4. The highest BCUT2D eigenvalue weighted by Gasteiger charge is 2.09. The lowest BCUT2D eigenvalue weighted by molar-refractivity contribution is -0.141. The zero-order chi connectivity index (χ0) is 15.2. The Hall–Kier alpha value is -1.34. The number of hydrogen-bond donors (Lipinski definition) is 3. The van der Waals surface area contributed by atoms with Crippen molar-refractivity contribution in [1.82, 2.24) is 10.6 Å². The van der Waals surface area contributed by atoms with Crippen molar-refractivity contribution in [1.29, 1.82) is 0 Å². The molecule has 7 heteroatoms. The van der Waals surface area contributed by atoms with Crippen molar-refractivity contribution in [2.45, 2.75) is 26.2 Å². The molecule has 0 saturated heterocycles. The topological polar surface area (TPSA) is 96.9 Å². The number of carbonyl (C=O) groups is 2. The molecule has 0 aliphatic heterocycles. The van der Waals surface area contributed by atoms with Crippen molar-refractivity contribution in [2.75, 3.05) is 40.0 Å². The van der Waals surface area contributed by atoms with E-state index in [9.17, 15) is 9.59 Å². The highest BCUT2D eigenvalue weighted by molar-refractivity contribution is 5.73. The summed E-state index contributed by atoms with van der Waals surface area (Å²) >= 11 is 0. The van der Waals surface area contributed by atoms with Crippen LogP contribution >= 0.6 is 0 Å². The first-order chi connectivity index (χ1) is 9.57. The molecule has 118 valence electrons. The monoisotopic (exact) mass is 290 g/mol. The molecule has 0 bridgehead atoms. The summed E-state index contributed by atoms with van der Waals surface area (Å²) in [6.07, 6.45) is 1.96. The van der Waals surface area contributed by atoms with Gasteiger partial charge in [0.15, 0.2) is 0 Å². The van der Waals surface area contributed by atoms with E-state index in [0.29, 0.717) is 45.8 Å². The summed E-state index contributed by atoms with van der Waals surface area (Å²) in [5.41, 5.74) is 0. The highest BCUT2D eigenvalue weighted by atomic mass is 16.5. The molecular weight excluding hydrogens is 264 g/mol. The van der Waals surface area contributed by atoms with E-state index in [4.69, 9.17) is 14.6 Å². The lowest BCUT2D eigenvalue weighted by Gasteiger charge is -2.09. The van der Waals surface area contributed by atoms with Gasteiger partial charge in [0.1, 0.15) is 0 Å². The Labute approximate surface area is 120 Å². The van der Waals surface area contributed by atoms with E-state index in [-0.39, 0.29) is 11.9 Å². The Kier molecular flexibility index (Phi) is 11.8. The van der Waals surface area contributed by atoms with Gasteiger partial charge in [0.2, 0.25) is 0 Å². The fraction of sp³-hybridized carbons (Fsp3) is 0.846. The predicted molar refractivity (Wildman–Crippen MR) is 74.7 cm³/mol. The van der Waals surface area contributed by atoms with E-state index in [2.05, 4.69) is 10.6 Å². The van der Waals surface area contributed by atoms with Crippen LogP contribution < -0.4 is 10.6 Å². The molecule has 0 aliphatic carbocycles. The molecule has 0 heterocycles. The third-order valence-corrected chi connectivity index (χ3v) is 2.70. The minimum absolute atomic E-state index is 0.232. The van der Waals surface area contributed by atoms with Gasteiger partial charge >= 0.3 is 12.0 Å². The van der Waals surface area contributed by atoms with E-state index in [1.54, 1.807) is 14.0 Å². The number of urea groups is 1. The number of ether oxygens (including phenoxy) is 2. The minimum atomic E-state index is -0.803. The van der Waals surface area contributed by atoms with Gasteiger partial charge in [-0.3, -0.25) is 4.79 Å². The number of amides is 2. The molecule has 0 radical (unpaired) electrons. The molecule has 20 heavy (non-hydrogen) atoms. The third-order valence-electron chi connectivity index (χ3n) is 2.70. The largest absolute Gasteiger partial charge is 0.481 e. The van der Waals surface area contributed by atoms with Crippen molar-refractivity contribution in [3.05, 3.63) is 0 Å². The van der Waals surface area contributed by atoms with Gasteiger partial charge < -0.3 is 25.2 Å². The second kappa shape index (κ2) is 12.7. The molecule has 0 fully saturated rings. The van der Waals surface area contributed by atoms with E-state index in [0.717, 1.165) is 6.42 Å². The molecule has 1 unspecified atom stereocenters. The average molecular weight is 290 g/mol. The fourth-order valence-electron chi connectivity index (χ4n) is 1.42. The average Bonchev–Trinajstić information content (AvgIpc) is 2.42. The van der Waals surface area contributed by atoms with E-state index < -0.39 is 5.97 Å². The standard InChI is InChI=1S/C13H26N2O5/c1-11(12(16)17)5-3-6-14-13(18)15-7-4-8-20-10-9-19-2/h11H,3-10H2,1-2H3,(H,16,17)(H2,14,15,18). The summed E-state index contributed by atoms with van der Waals surface area (Å²) in [6, 6.07) is -0.232. The quantitative estimate of drug-likeness (QED) is 0.463. The molecule has 0 aromatic carbocycles. The fourth-order valence-corrected chi connectivity index (χ4v) is 1.42. The van der Waals surface area contributed by atoms with Crippen LogP contribution in [0, 0.1) is 5.92 Å². The highest BCUT2D eigenvalue weighted by Crippen LogP contribution is 2.03. The smallest absolute Gasteiger partial charge is 0.314 e. The van der Waals surface area contributed by atoms with Gasteiger partial charge in [0.25, 0.3) is 0 Å². The van der Waals surface area contributed by atoms with Crippen LogP contribution in [0.25, 0.3) is 0 Å². The number of rotatable bonds is 12. The molecule has 3 N–H and O–H groups in total. The lowest BCUT2D eigenvalue weighted by atomic mass is 10.1. The van der Waals surface area contributed by atoms with Gasteiger partial charge in [0, 0.05) is 26.8 Å². The van der Waals surface area contributed by atoms with Crippen molar-refractivity contribution >= 4 is 12.0 Å². The number of aliphatic carboxylic acids is 1. The summed E-state index contributed by atoms with van der Waals surface area (Å²) < 4.78 is 10.1. The molecule has 0 aliphatic rings. The Balaban J connectivity index is 3.31. The molecule has 0 aromatic rings. The zero-order valence-corrected chi connectivity index (χ0v) is 12.3. The Bertz CT molecular complexity index is 273. The molecule has 7 nitrogen and oxygen atoms in total. The van der Waals surface area contributed by atoms with Crippen molar-refractivity contribution in [2.24, 2.45) is 5.92 Å². The SMILES string of the molecule is COCCOCCCNC(=O)NCCCC(C)C(=O)O. The van der Waals surface area contributed by atoms with Crippen LogP contribution in [-0.2, 0) is 14.3 Å². The molecule has 0 aromatic heterocycles. The number of carbonyl (C=O) groups excluding carboxylic acids is 1. The van der Waals surface area contributed by atoms with Crippen LogP contribution in [0.15, 0.2) is 0 Å². The van der Waals surface area contributed by atoms with Gasteiger partial charge in [0.05, 0.1) is 19.1 Å². The second-order valence-corrected chi connectivity index (χ2v) is 4.52. The van der Waals surface area contributed by atoms with E-state index in [1.165, 1.54) is 0 Å². The zero-order valence-electron chi connectivity index (χ0n) is 12.3. The first kappa shape index (κ1) is 18.7. The van der Waals surface area contributed by atoms with Gasteiger partial charge in [-0.25, -0.2) is 4.79 Å². The molecule has 1 atom stereocenters. The van der Waals surface area contributed by atoms with Crippen LogP contribution in [0.2, 0.25) is 0 Å². The normalized spacial score (nSPS) is 11.9. The van der Waals surface area contributed by atoms with Gasteiger partial charge in [-0.15, -0.1) is 0 Å². The van der Waals surface area contributed by atoms with E-state index in [1.807, 2.05) is 0 Å². The second-order valence-electron chi connectivity index (χ2n) is 4.52. The molecule has 2 amide bonds. The maximum Gasteiger partial charge on any atom is 0.314 e. The predicted octanol–water partition coefficient (Wildman–Crippen LogP) is 0.840. The van der Waals surface area contributed by atoms with Crippen LogP contribution in [0.4, 0.5) is 4.79 Å². The minimum Gasteiger partial charge on any atom is -0.481 e.